The number of hydrogen-bond acceptors (Lipinski definition) is 4. The summed E-state index contributed by atoms with van der Waals surface area (Å²) < 4.78 is 0. The molecule has 2 nitrogen and oxygen atoms in total. The van der Waals surface area contributed by atoms with Crippen LogP contribution in [-0.4, -0.2) is 0 Å². The summed E-state index contributed by atoms with van der Waals surface area (Å²) in [6.07, 6.45) is 46.0. The Hall–Kier alpha value is 0.450. The van der Waals surface area contributed by atoms with E-state index in [9.17, 15) is 9.79 Å². The maximum Gasteiger partial charge on any atom is 2.00 e. The predicted molar refractivity (Wildman–Crippen MR) is 264 cm³/mol. The molecule has 0 aliphatic carbocycles. The van der Waals surface area contributed by atoms with Crippen molar-refractivity contribution in [3.05, 3.63) is 108 Å². The maximum atomic E-state index is 9.29. The van der Waals surface area contributed by atoms with Crippen LogP contribution in [-0.2, 0) is 102 Å². The van der Waals surface area contributed by atoms with Crippen molar-refractivity contribution in [2.24, 2.45) is 0 Å². The van der Waals surface area contributed by atoms with Gasteiger partial charge in [-0.1, -0.05) is 233 Å². The van der Waals surface area contributed by atoms with Crippen molar-refractivity contribution in [2.45, 2.75) is 233 Å². The van der Waals surface area contributed by atoms with Crippen molar-refractivity contribution in [1.82, 2.24) is 0 Å². The molecule has 0 aromatic heterocycles. The molecule has 3 rings (SSSR count). The van der Waals surface area contributed by atoms with Gasteiger partial charge >= 0.3 is 58.4 Å². The molecule has 0 saturated carbocycles. The van der Waals surface area contributed by atoms with Gasteiger partial charge in [0.15, 0.2) is 0 Å². The second-order valence-electron chi connectivity index (χ2n) is 16.4. The average Bonchev–Trinajstić information content (AvgIpc) is 3.24. The summed E-state index contributed by atoms with van der Waals surface area (Å²) in [5.74, 6) is 0. The predicted octanol–water partition coefficient (Wildman–Crippen LogP) is 16.3. The van der Waals surface area contributed by atoms with Gasteiger partial charge in [-0.2, -0.15) is 119 Å². The van der Waals surface area contributed by atoms with E-state index in [1.807, 2.05) is 36.4 Å². The van der Waals surface area contributed by atoms with Gasteiger partial charge in [-0.25, -0.2) is 0 Å². The number of aryl methyl sites for hydroxylation is 3. The van der Waals surface area contributed by atoms with Crippen LogP contribution in [0.25, 0.3) is 0 Å². The van der Waals surface area contributed by atoms with Gasteiger partial charge in [0.2, 0.25) is 0 Å². The van der Waals surface area contributed by atoms with Crippen LogP contribution in [0.5, 0.6) is 0 Å². The van der Waals surface area contributed by atoms with E-state index in [0.717, 1.165) is 0 Å². The number of benzene rings is 3. The van der Waals surface area contributed by atoms with Crippen LogP contribution in [0.15, 0.2) is 72.8 Å². The minimum absolute atomic E-state index is 0. The van der Waals surface area contributed by atoms with E-state index >= 15 is 0 Å². The molecule has 338 valence electrons. The Labute approximate surface area is 434 Å². The fourth-order valence-electron chi connectivity index (χ4n) is 7.17. The fraction of sp³-hybridized carbons (Fsp3) is 0.667. The summed E-state index contributed by atoms with van der Waals surface area (Å²) >= 11 is 7.28. The van der Waals surface area contributed by atoms with Crippen LogP contribution in [0.3, 0.4) is 0 Å². The van der Waals surface area contributed by atoms with Gasteiger partial charge in [0.1, 0.15) is 0 Å². The zero-order chi connectivity index (χ0) is 43.2. The average molecular weight is 1060 g/mol. The van der Waals surface area contributed by atoms with E-state index in [0.29, 0.717) is 0 Å². The molecule has 0 atom stereocenters. The zero-order valence-corrected chi connectivity index (χ0v) is 51.9. The zero-order valence-electron chi connectivity index (χ0n) is 40.5. The molecule has 0 unspecified atom stereocenters. The number of hydrogen-bond donors (Lipinski definition) is 0. The Kier molecular flexibility index (Phi) is 62.1. The molecule has 3 aromatic carbocycles. The minimum atomic E-state index is -3.72. The van der Waals surface area contributed by atoms with Gasteiger partial charge in [-0.05, 0) is 0 Å². The van der Waals surface area contributed by atoms with Crippen LogP contribution < -0.4 is 9.79 Å². The summed E-state index contributed by atoms with van der Waals surface area (Å²) in [6.45, 7) is 6.85. The Balaban J connectivity index is -0.000000376. The van der Waals surface area contributed by atoms with Crippen molar-refractivity contribution in [1.29, 1.82) is 0 Å². The third-order valence-corrected chi connectivity index (χ3v) is 10.7. The van der Waals surface area contributed by atoms with E-state index in [2.05, 4.69) is 99.4 Å². The van der Waals surface area contributed by atoms with Crippen LogP contribution in [0.1, 0.15) is 230 Å². The Morgan fingerprint density at radius 3 is 0.710 bits per heavy atom. The number of rotatable bonds is 33. The van der Waals surface area contributed by atoms with Crippen LogP contribution in [0.2, 0.25) is 0 Å². The molecule has 0 N–H and O–H groups in total. The van der Waals surface area contributed by atoms with E-state index < -0.39 is 5.69 Å². The van der Waals surface area contributed by atoms with Gasteiger partial charge in [0, 0.05) is 0 Å². The summed E-state index contributed by atoms with van der Waals surface area (Å²) in [7, 11) is 0. The van der Waals surface area contributed by atoms with Gasteiger partial charge in [0.25, 0.3) is 0 Å². The smallest absolute Gasteiger partial charge is 0.850 e. The largest absolute Gasteiger partial charge is 2.00 e. The molecule has 62 heavy (non-hydrogen) atoms. The van der Waals surface area contributed by atoms with E-state index in [1.54, 1.807) is 0 Å². The first kappa shape index (κ1) is 69.0. The summed E-state index contributed by atoms with van der Waals surface area (Å²) in [5, 5.41) is 0. The second-order valence-corrected chi connectivity index (χ2v) is 20.9. The molecule has 0 aliphatic rings. The standard InChI is InChI=1S/3C18H29.H3O2PS2.3Zn/c3*1-2-3-4-5-6-7-8-9-10-12-15-18-16-13-11-14-17-18;1-3(2,4)5;;;/h3*11,13-14,16H,2-10,12,15H2,1H3;(H3,1,2,4,5);;;/q3*-1;;3*+2/p-3. The van der Waals surface area contributed by atoms with Gasteiger partial charge < -0.3 is 27.7 Å². The molecular formula is C54H87O2PS2Zn3. The topological polar surface area (TPSA) is 46.1 Å². The normalized spacial score (nSPS) is 10.3. The van der Waals surface area contributed by atoms with E-state index in [-0.39, 0.29) is 58.4 Å². The molecule has 0 spiro atoms. The van der Waals surface area contributed by atoms with Crippen molar-refractivity contribution >= 4 is 29.7 Å². The quantitative estimate of drug-likeness (QED) is 0.0200. The van der Waals surface area contributed by atoms with Crippen LogP contribution >= 0.6 is 5.69 Å². The molecule has 0 aliphatic heterocycles. The first-order valence-electron chi connectivity index (χ1n) is 24.4. The first-order valence-corrected chi connectivity index (χ1v) is 28.0. The monoisotopic (exact) mass is 1050 g/mol. The fourth-order valence-corrected chi connectivity index (χ4v) is 7.17. The van der Waals surface area contributed by atoms with Gasteiger partial charge in [-0.3, -0.25) is 0 Å². The first-order chi connectivity index (χ1) is 28.8. The molecule has 0 fully saturated rings. The molecule has 8 heteroatoms. The molecule has 0 heterocycles. The Morgan fingerprint density at radius 2 is 0.548 bits per heavy atom. The van der Waals surface area contributed by atoms with Gasteiger partial charge in [0.05, 0.1) is 0 Å². The van der Waals surface area contributed by atoms with Crippen molar-refractivity contribution in [3.8, 4) is 0 Å². The molecule has 0 radical (unpaired) electrons. The SMILES string of the molecule is CCCCCCCCCCCCc1[c-]cccc1.CCCCCCCCCCCCc1[c-]cccc1.CCCCCCCCCCCCc1[c-]cccc1.[O-]P([O-])(=S)[S-].[Zn+2].[Zn+2].[Zn+2]. The third-order valence-electron chi connectivity index (χ3n) is 10.7. The molecule has 0 amide bonds. The molecular weight excluding hydrogens is 972 g/mol. The molecule has 0 saturated heterocycles. The van der Waals surface area contributed by atoms with Gasteiger partial charge in [-0.15, -0.1) is 0 Å². The van der Waals surface area contributed by atoms with Crippen molar-refractivity contribution < 1.29 is 68.2 Å². The molecule has 0 bridgehead atoms. The van der Waals surface area contributed by atoms with Crippen LogP contribution in [0, 0.1) is 18.2 Å². The third kappa shape index (κ3) is 58.5. The Bertz CT molecular complexity index is 1120. The summed E-state index contributed by atoms with van der Waals surface area (Å²) in [4.78, 5) is 18.6. The summed E-state index contributed by atoms with van der Waals surface area (Å²) in [5.41, 5.74) is 0.395. The van der Waals surface area contributed by atoms with Crippen molar-refractivity contribution in [3.63, 3.8) is 0 Å². The molecule has 3 aromatic rings. The van der Waals surface area contributed by atoms with E-state index in [1.165, 1.54) is 229 Å². The maximum absolute atomic E-state index is 9.29. The summed E-state index contributed by atoms with van der Waals surface area (Å²) in [6, 6.07) is 35.0. The number of unbranched alkanes of at least 4 members (excludes halogenated alkanes) is 27. The second kappa shape index (κ2) is 55.8. The minimum Gasteiger partial charge on any atom is -0.850 e. The van der Waals surface area contributed by atoms with Crippen LogP contribution in [0.4, 0.5) is 0 Å². The van der Waals surface area contributed by atoms with Crippen molar-refractivity contribution in [2.75, 3.05) is 0 Å². The van der Waals surface area contributed by atoms with E-state index in [4.69, 9.17) is 0 Å². The Morgan fingerprint density at radius 1 is 0.371 bits per heavy atom.